The molecule has 2 aliphatic rings. The summed E-state index contributed by atoms with van der Waals surface area (Å²) in [7, 11) is 1.61. The third kappa shape index (κ3) is 9.33. The monoisotopic (exact) mass is 509 g/mol. The normalized spacial score (nSPS) is 19.3. The van der Waals surface area contributed by atoms with Gasteiger partial charge in [0.25, 0.3) is 0 Å². The molecule has 0 spiro atoms. The molecule has 2 atom stereocenters. The van der Waals surface area contributed by atoms with Gasteiger partial charge < -0.3 is 25.4 Å². The number of aliphatic carboxylic acids is 1. The smallest absolute Gasteiger partial charge is 0.326 e. The van der Waals surface area contributed by atoms with Crippen LogP contribution >= 0.6 is 12.4 Å². The lowest BCUT2D eigenvalue weighted by Crippen LogP contribution is -2.49. The van der Waals surface area contributed by atoms with E-state index < -0.39 is 12.0 Å². The first-order valence-electron chi connectivity index (χ1n) is 12.6. The van der Waals surface area contributed by atoms with Crippen LogP contribution in [0.1, 0.15) is 56.9 Å². The Morgan fingerprint density at radius 2 is 2.00 bits per heavy atom. The molecule has 9 heteroatoms. The molecule has 0 aliphatic carbocycles. The maximum absolute atomic E-state index is 12.9. The number of nitrogens with zero attached hydrogens (tertiary/aromatic N) is 1. The molecule has 2 fully saturated rings. The molecule has 0 saturated carbocycles. The van der Waals surface area contributed by atoms with Gasteiger partial charge in [0, 0.05) is 19.5 Å². The van der Waals surface area contributed by atoms with Crippen molar-refractivity contribution in [2.75, 3.05) is 33.3 Å². The molecule has 0 aromatic heterocycles. The summed E-state index contributed by atoms with van der Waals surface area (Å²) in [5.74, 6) is -0.148. The van der Waals surface area contributed by atoms with Gasteiger partial charge >= 0.3 is 5.97 Å². The van der Waals surface area contributed by atoms with Gasteiger partial charge in [0.15, 0.2) is 0 Å². The lowest BCUT2D eigenvalue weighted by atomic mass is 9.92. The van der Waals surface area contributed by atoms with Crippen LogP contribution in [0.25, 0.3) is 0 Å². The van der Waals surface area contributed by atoms with Crippen molar-refractivity contribution < 1.29 is 24.2 Å². The molecule has 1 aromatic carbocycles. The number of carboxylic acids is 1. The molecule has 3 N–H and O–H groups in total. The van der Waals surface area contributed by atoms with E-state index in [1.807, 2.05) is 24.3 Å². The minimum absolute atomic E-state index is 0. The molecule has 0 radical (unpaired) electrons. The number of hydrogen-bond donors (Lipinski definition) is 3. The first kappa shape index (κ1) is 28.9. The van der Waals surface area contributed by atoms with Crippen molar-refractivity contribution in [1.29, 1.82) is 0 Å². The van der Waals surface area contributed by atoms with Gasteiger partial charge in [-0.05, 0) is 88.1 Å². The molecule has 35 heavy (non-hydrogen) atoms. The number of methoxy groups -OCH3 is 1. The van der Waals surface area contributed by atoms with Crippen LogP contribution in [0.5, 0.6) is 5.75 Å². The molecule has 1 aromatic rings. The summed E-state index contributed by atoms with van der Waals surface area (Å²) in [6.07, 6.45) is 6.81. The van der Waals surface area contributed by atoms with Gasteiger partial charge in [0.05, 0.1) is 13.0 Å². The lowest BCUT2D eigenvalue weighted by Gasteiger charge is -2.33. The fraction of sp³-hybridized carbons (Fsp3) is 0.654. The highest BCUT2D eigenvalue weighted by Gasteiger charge is 2.31. The number of hydrogen-bond acceptors (Lipinski definition) is 5. The maximum Gasteiger partial charge on any atom is 0.326 e. The topological polar surface area (TPSA) is 108 Å². The van der Waals surface area contributed by atoms with Gasteiger partial charge in [0.2, 0.25) is 11.8 Å². The Kier molecular flexibility index (Phi) is 12.3. The average Bonchev–Trinajstić information content (AvgIpc) is 2.87. The van der Waals surface area contributed by atoms with Crippen molar-refractivity contribution in [1.82, 2.24) is 15.5 Å². The Hall–Kier alpha value is -2.32. The van der Waals surface area contributed by atoms with Gasteiger partial charge in [-0.3, -0.25) is 9.59 Å². The number of halogens is 1. The highest BCUT2D eigenvalue weighted by Crippen LogP contribution is 2.22. The summed E-state index contributed by atoms with van der Waals surface area (Å²) in [4.78, 5) is 39.2. The van der Waals surface area contributed by atoms with Crippen LogP contribution in [0.4, 0.5) is 0 Å². The Morgan fingerprint density at radius 1 is 1.23 bits per heavy atom. The second-order valence-corrected chi connectivity index (χ2v) is 9.55. The van der Waals surface area contributed by atoms with Crippen LogP contribution in [-0.2, 0) is 20.8 Å². The van der Waals surface area contributed by atoms with Crippen LogP contribution in [0.2, 0.25) is 0 Å². The number of aryl methyl sites for hydroxylation is 1. The predicted molar refractivity (Wildman–Crippen MR) is 137 cm³/mol. The molecule has 2 heterocycles. The van der Waals surface area contributed by atoms with E-state index in [1.54, 1.807) is 12.0 Å². The Labute approximate surface area is 214 Å². The van der Waals surface area contributed by atoms with Crippen molar-refractivity contribution >= 4 is 30.2 Å². The van der Waals surface area contributed by atoms with Gasteiger partial charge in [-0.1, -0.05) is 12.1 Å². The molecule has 8 nitrogen and oxygen atoms in total. The minimum atomic E-state index is -1.02. The Morgan fingerprint density at radius 3 is 2.71 bits per heavy atom. The SMILES string of the molecule is COc1cccc(CCC[C@H](NC(=O)[C@@H]2CCCN(C(=O)CCC3CCNCC3)C2)C(=O)O)c1.Cl. The number of carbonyl (C=O) groups excluding carboxylic acids is 2. The van der Waals surface area contributed by atoms with E-state index in [4.69, 9.17) is 4.74 Å². The van der Waals surface area contributed by atoms with Crippen molar-refractivity contribution in [3.8, 4) is 5.75 Å². The van der Waals surface area contributed by atoms with Crippen molar-refractivity contribution in [2.24, 2.45) is 11.8 Å². The quantitative estimate of drug-likeness (QED) is 0.423. The molecule has 2 amide bonds. The van der Waals surface area contributed by atoms with E-state index in [-0.39, 0.29) is 30.1 Å². The molecular formula is C26H40ClN3O5. The Balaban J connectivity index is 0.00000432. The van der Waals surface area contributed by atoms with Crippen LogP contribution in [0.15, 0.2) is 24.3 Å². The number of carboxylic acid groups (broad SMARTS) is 1. The maximum atomic E-state index is 12.9. The molecule has 3 rings (SSSR count). The fourth-order valence-corrected chi connectivity index (χ4v) is 4.96. The third-order valence-corrected chi connectivity index (χ3v) is 7.08. The first-order valence-corrected chi connectivity index (χ1v) is 12.6. The van der Waals surface area contributed by atoms with E-state index in [0.29, 0.717) is 51.1 Å². The van der Waals surface area contributed by atoms with Crippen LogP contribution in [0, 0.1) is 11.8 Å². The summed E-state index contributed by atoms with van der Waals surface area (Å²) in [5.41, 5.74) is 1.07. The number of carbonyl (C=O) groups is 3. The van der Waals surface area contributed by atoms with Gasteiger partial charge in [-0.15, -0.1) is 12.4 Å². The van der Waals surface area contributed by atoms with Gasteiger partial charge in [0.1, 0.15) is 11.8 Å². The predicted octanol–water partition coefficient (Wildman–Crippen LogP) is 3.03. The first-order chi connectivity index (χ1) is 16.5. The Bertz CT molecular complexity index is 831. The molecule has 0 unspecified atom stereocenters. The summed E-state index contributed by atoms with van der Waals surface area (Å²) in [5, 5.41) is 15.7. The number of ether oxygens (including phenoxy) is 1. The summed E-state index contributed by atoms with van der Waals surface area (Å²) < 4.78 is 5.23. The third-order valence-electron chi connectivity index (χ3n) is 7.08. The molecular weight excluding hydrogens is 470 g/mol. The van der Waals surface area contributed by atoms with Crippen LogP contribution in [-0.4, -0.2) is 67.1 Å². The minimum Gasteiger partial charge on any atom is -0.497 e. The molecule has 2 saturated heterocycles. The molecule has 2 aliphatic heterocycles. The summed E-state index contributed by atoms with van der Waals surface area (Å²) in [6.45, 7) is 3.11. The van der Waals surface area contributed by atoms with Gasteiger partial charge in [-0.2, -0.15) is 0 Å². The molecule has 0 bridgehead atoms. The fourth-order valence-electron chi connectivity index (χ4n) is 4.96. The number of likely N-dealkylation sites (tertiary alicyclic amines) is 1. The number of piperidine rings is 2. The van der Waals surface area contributed by atoms with E-state index in [9.17, 15) is 19.5 Å². The average molecular weight is 510 g/mol. The van der Waals surface area contributed by atoms with E-state index in [1.165, 1.54) is 0 Å². The second-order valence-electron chi connectivity index (χ2n) is 9.55. The largest absolute Gasteiger partial charge is 0.497 e. The number of rotatable bonds is 11. The highest BCUT2D eigenvalue weighted by atomic mass is 35.5. The van der Waals surface area contributed by atoms with E-state index in [2.05, 4.69) is 10.6 Å². The number of amides is 2. The van der Waals surface area contributed by atoms with Gasteiger partial charge in [-0.25, -0.2) is 4.79 Å². The zero-order valence-electron chi connectivity index (χ0n) is 20.7. The lowest BCUT2D eigenvalue weighted by molar-refractivity contribution is -0.144. The zero-order chi connectivity index (χ0) is 24.3. The zero-order valence-corrected chi connectivity index (χ0v) is 21.5. The van der Waals surface area contributed by atoms with Crippen molar-refractivity contribution in [3.05, 3.63) is 29.8 Å². The summed E-state index contributed by atoms with van der Waals surface area (Å²) in [6, 6.07) is 6.77. The van der Waals surface area contributed by atoms with E-state index in [0.717, 1.165) is 50.1 Å². The van der Waals surface area contributed by atoms with Crippen molar-refractivity contribution in [2.45, 2.75) is 63.8 Å². The summed E-state index contributed by atoms with van der Waals surface area (Å²) >= 11 is 0. The standard InChI is InChI=1S/C26H39N3O5.ClH/c1-34-22-8-2-5-20(17-22)6-3-9-23(26(32)33)28-25(31)21-7-4-16-29(18-21)24(30)11-10-19-12-14-27-15-13-19;/h2,5,8,17,19,21,23,27H,3-4,6-7,9-16,18H2,1H3,(H,28,31)(H,32,33);1H/t21-,23+;/m1./s1. The van der Waals surface area contributed by atoms with Crippen LogP contribution in [0.3, 0.4) is 0 Å². The van der Waals surface area contributed by atoms with Crippen molar-refractivity contribution in [3.63, 3.8) is 0 Å². The van der Waals surface area contributed by atoms with E-state index >= 15 is 0 Å². The molecule has 196 valence electrons. The second kappa shape index (κ2) is 14.9. The number of benzene rings is 1. The number of nitrogens with one attached hydrogen (secondary N) is 2. The van der Waals surface area contributed by atoms with Crippen LogP contribution < -0.4 is 15.4 Å². The highest BCUT2D eigenvalue weighted by molar-refractivity contribution is 5.86.